The average Bonchev–Trinajstić information content (AvgIpc) is 3.16. The highest BCUT2D eigenvalue weighted by molar-refractivity contribution is 6.03. The minimum absolute atomic E-state index is 0.0861. The number of piperidine rings is 1. The zero-order chi connectivity index (χ0) is 24.6. The van der Waals surface area contributed by atoms with Gasteiger partial charge in [0.15, 0.2) is 0 Å². The summed E-state index contributed by atoms with van der Waals surface area (Å²) in [5, 5.41) is 4.47. The number of aliphatic imine (C=N–C) groups is 1. The van der Waals surface area contributed by atoms with Crippen LogP contribution in [0.3, 0.4) is 0 Å². The Hall–Kier alpha value is -3.64. The van der Waals surface area contributed by atoms with E-state index in [9.17, 15) is 4.79 Å². The van der Waals surface area contributed by atoms with Gasteiger partial charge in [0.1, 0.15) is 23.4 Å². The molecule has 0 spiro atoms. The summed E-state index contributed by atoms with van der Waals surface area (Å²) in [7, 11) is 0. The molecule has 1 aromatic carbocycles. The molecule has 4 heterocycles. The molecule has 2 aliphatic heterocycles. The van der Waals surface area contributed by atoms with E-state index in [-0.39, 0.29) is 18.1 Å². The van der Waals surface area contributed by atoms with Crippen LogP contribution in [-0.4, -0.2) is 56.3 Å². The third kappa shape index (κ3) is 4.54. The molecule has 9 nitrogen and oxygen atoms in total. The average molecular weight is 474 g/mol. The van der Waals surface area contributed by atoms with Gasteiger partial charge < -0.3 is 15.4 Å². The molecule has 0 bridgehead atoms. The lowest BCUT2D eigenvalue weighted by Crippen LogP contribution is -2.44. The van der Waals surface area contributed by atoms with E-state index in [1.165, 1.54) is 4.68 Å². The summed E-state index contributed by atoms with van der Waals surface area (Å²) in [5.41, 5.74) is 8.28. The summed E-state index contributed by atoms with van der Waals surface area (Å²) in [4.78, 5) is 25.7. The molecule has 35 heavy (non-hydrogen) atoms. The molecule has 2 aromatic heterocycles. The normalized spacial score (nSPS) is 19.3. The molecule has 1 atom stereocenters. The van der Waals surface area contributed by atoms with Crippen LogP contribution < -0.4 is 20.9 Å². The number of rotatable bonds is 4. The van der Waals surface area contributed by atoms with Crippen LogP contribution in [0.15, 0.2) is 40.2 Å². The number of imidazole rings is 1. The maximum atomic E-state index is 13.8. The standard InChI is InChI=1S/C26H31N7O2/c1-4-5-13-32-23-20(29-25(32)31-12-8-9-18(27)15-31)14-28-33(24(23)34)16-21-19-10-6-7-11-22(19)35-17-26(2,3)30-21/h6-7,10-11,14,18H,8-9,12-13,15-17,27H2,1-3H3. The van der Waals surface area contributed by atoms with E-state index in [4.69, 9.17) is 20.4 Å². The van der Waals surface area contributed by atoms with E-state index in [1.54, 1.807) is 13.1 Å². The Bertz CT molecular complexity index is 1410. The van der Waals surface area contributed by atoms with Crippen LogP contribution in [0.2, 0.25) is 0 Å². The van der Waals surface area contributed by atoms with E-state index in [0.29, 0.717) is 30.7 Å². The first-order valence-corrected chi connectivity index (χ1v) is 12.0. The molecule has 2 N–H and O–H groups in total. The van der Waals surface area contributed by atoms with Gasteiger partial charge in [-0.25, -0.2) is 9.67 Å². The van der Waals surface area contributed by atoms with Gasteiger partial charge in [0, 0.05) is 24.7 Å². The molecule has 182 valence electrons. The molecule has 1 unspecified atom stereocenters. The third-order valence-corrected chi connectivity index (χ3v) is 6.40. The molecule has 1 saturated heterocycles. The fourth-order valence-corrected chi connectivity index (χ4v) is 4.73. The fourth-order valence-electron chi connectivity index (χ4n) is 4.73. The van der Waals surface area contributed by atoms with Crippen molar-refractivity contribution in [1.29, 1.82) is 0 Å². The number of nitrogens with two attached hydrogens (primary N) is 1. The Balaban J connectivity index is 1.61. The first-order chi connectivity index (χ1) is 16.9. The Morgan fingerprint density at radius 2 is 2.11 bits per heavy atom. The summed E-state index contributed by atoms with van der Waals surface area (Å²) >= 11 is 0. The lowest BCUT2D eigenvalue weighted by Gasteiger charge is -2.31. The van der Waals surface area contributed by atoms with Crippen molar-refractivity contribution < 1.29 is 4.74 Å². The Labute approximate surface area is 204 Å². The van der Waals surface area contributed by atoms with Crippen LogP contribution in [0.25, 0.3) is 11.0 Å². The van der Waals surface area contributed by atoms with Crippen LogP contribution in [-0.2, 0) is 13.1 Å². The molecule has 3 aromatic rings. The predicted octanol–water partition coefficient (Wildman–Crippen LogP) is 2.20. The monoisotopic (exact) mass is 473 g/mol. The maximum Gasteiger partial charge on any atom is 0.293 e. The topological polar surface area (TPSA) is 104 Å². The van der Waals surface area contributed by atoms with Gasteiger partial charge in [-0.1, -0.05) is 18.1 Å². The molecule has 0 saturated carbocycles. The van der Waals surface area contributed by atoms with Crippen molar-refractivity contribution in [2.75, 3.05) is 24.6 Å². The van der Waals surface area contributed by atoms with Gasteiger partial charge in [0.25, 0.3) is 5.56 Å². The number of benzene rings is 1. The SMILES string of the molecule is CC#CCn1c(N2CCCC(N)C2)nc2cnn(CC3=NC(C)(C)COc4ccccc43)c(=O)c21. The number of para-hydroxylation sites is 1. The second-order valence-corrected chi connectivity index (χ2v) is 9.77. The number of aromatic nitrogens is 4. The highest BCUT2D eigenvalue weighted by atomic mass is 16.5. The number of anilines is 1. The molecule has 1 fully saturated rings. The molecule has 9 heteroatoms. The lowest BCUT2D eigenvalue weighted by molar-refractivity contribution is 0.248. The van der Waals surface area contributed by atoms with Crippen LogP contribution in [0.5, 0.6) is 5.75 Å². The summed E-state index contributed by atoms with van der Waals surface area (Å²) in [6.07, 6.45) is 3.64. The van der Waals surface area contributed by atoms with Crippen molar-refractivity contribution >= 4 is 22.7 Å². The first kappa shape index (κ1) is 23.1. The third-order valence-electron chi connectivity index (χ3n) is 6.40. The van der Waals surface area contributed by atoms with Crippen molar-refractivity contribution in [3.05, 3.63) is 46.4 Å². The first-order valence-electron chi connectivity index (χ1n) is 12.0. The largest absolute Gasteiger partial charge is 0.490 e. The number of ether oxygens (including phenoxy) is 1. The van der Waals surface area contributed by atoms with Gasteiger partial charge in [0.2, 0.25) is 5.95 Å². The molecule has 0 aliphatic carbocycles. The quantitative estimate of drug-likeness (QED) is 0.583. The van der Waals surface area contributed by atoms with Crippen LogP contribution in [0.1, 0.15) is 39.2 Å². The second kappa shape index (κ2) is 9.19. The number of hydrogen-bond acceptors (Lipinski definition) is 7. The van der Waals surface area contributed by atoms with Gasteiger partial charge >= 0.3 is 0 Å². The van der Waals surface area contributed by atoms with Gasteiger partial charge in [-0.15, -0.1) is 5.92 Å². The molecule has 2 aliphatic rings. The van der Waals surface area contributed by atoms with Gasteiger partial charge in [0.05, 0.1) is 30.5 Å². The van der Waals surface area contributed by atoms with Gasteiger partial charge in [-0.2, -0.15) is 5.10 Å². The van der Waals surface area contributed by atoms with Crippen molar-refractivity contribution in [1.82, 2.24) is 19.3 Å². The maximum absolute atomic E-state index is 13.8. The molecule has 5 rings (SSSR count). The number of fused-ring (bicyclic) bond motifs is 2. The highest BCUT2D eigenvalue weighted by Gasteiger charge is 2.27. The van der Waals surface area contributed by atoms with Crippen molar-refractivity contribution in [3.8, 4) is 17.6 Å². The molecule has 0 radical (unpaired) electrons. The second-order valence-electron chi connectivity index (χ2n) is 9.77. The highest BCUT2D eigenvalue weighted by Crippen LogP contribution is 2.27. The Kier molecular flexibility index (Phi) is 6.07. The van der Waals surface area contributed by atoms with E-state index in [1.807, 2.05) is 42.7 Å². The van der Waals surface area contributed by atoms with Crippen molar-refractivity contribution in [2.24, 2.45) is 10.7 Å². The predicted molar refractivity (Wildman–Crippen MR) is 137 cm³/mol. The van der Waals surface area contributed by atoms with Crippen molar-refractivity contribution in [2.45, 2.75) is 58.3 Å². The summed E-state index contributed by atoms with van der Waals surface area (Å²) in [6, 6.07) is 7.87. The number of hydrogen-bond donors (Lipinski definition) is 1. The van der Waals surface area contributed by atoms with E-state index >= 15 is 0 Å². The molecular formula is C26H31N7O2. The molecular weight excluding hydrogens is 442 g/mol. The van der Waals surface area contributed by atoms with E-state index in [0.717, 1.165) is 42.4 Å². The molecule has 0 amide bonds. The lowest BCUT2D eigenvalue weighted by atomic mass is 10.1. The number of nitrogens with zero attached hydrogens (tertiary/aromatic N) is 6. The van der Waals surface area contributed by atoms with Crippen LogP contribution in [0.4, 0.5) is 5.95 Å². The van der Waals surface area contributed by atoms with Crippen molar-refractivity contribution in [3.63, 3.8) is 0 Å². The zero-order valence-electron chi connectivity index (χ0n) is 20.5. The van der Waals surface area contributed by atoms with Gasteiger partial charge in [-0.05, 0) is 45.7 Å². The summed E-state index contributed by atoms with van der Waals surface area (Å²) in [6.45, 7) is 8.44. The van der Waals surface area contributed by atoms with Gasteiger partial charge in [-0.3, -0.25) is 14.4 Å². The van der Waals surface area contributed by atoms with Crippen LogP contribution in [0, 0.1) is 11.8 Å². The fraction of sp³-hybridized carbons (Fsp3) is 0.462. The summed E-state index contributed by atoms with van der Waals surface area (Å²) in [5.74, 6) is 7.52. The van der Waals surface area contributed by atoms with E-state index < -0.39 is 5.54 Å². The zero-order valence-corrected chi connectivity index (χ0v) is 20.5. The van der Waals surface area contributed by atoms with Crippen LogP contribution >= 0.6 is 0 Å². The minimum atomic E-state index is -0.430. The smallest absolute Gasteiger partial charge is 0.293 e. The minimum Gasteiger partial charge on any atom is -0.490 e. The Morgan fingerprint density at radius 1 is 1.29 bits per heavy atom. The van der Waals surface area contributed by atoms with E-state index in [2.05, 4.69) is 21.8 Å². The Morgan fingerprint density at radius 3 is 2.91 bits per heavy atom. The summed E-state index contributed by atoms with van der Waals surface area (Å²) < 4.78 is 9.37.